The molecule has 4 rings (SSSR count). The molecular formula is C21H20FN3O. The topological polar surface area (TPSA) is 38.1 Å². The maximum atomic E-state index is 13.8. The smallest absolute Gasteiger partial charge is 0.254 e. The Balaban J connectivity index is 1.58. The Morgan fingerprint density at radius 1 is 1.04 bits per heavy atom. The standard InChI is InChI=1S/C21H20FN3O/c1-15-17(8-5-9-18(15)22)21(26)24-11-10-20-23-14-19(25(20)13-12-24)16-6-3-2-4-7-16/h2-9,14H,10-13H2,1H3. The van der Waals surface area contributed by atoms with Crippen LogP contribution in [-0.2, 0) is 13.0 Å². The Bertz CT molecular complexity index is 949. The number of amides is 1. The monoisotopic (exact) mass is 349 g/mol. The molecule has 3 aromatic rings. The van der Waals surface area contributed by atoms with Crippen molar-refractivity contribution in [3.8, 4) is 11.3 Å². The van der Waals surface area contributed by atoms with Crippen molar-refractivity contribution in [3.63, 3.8) is 0 Å². The maximum Gasteiger partial charge on any atom is 0.254 e. The van der Waals surface area contributed by atoms with Gasteiger partial charge in [-0.3, -0.25) is 4.79 Å². The summed E-state index contributed by atoms with van der Waals surface area (Å²) in [6, 6.07) is 14.8. The summed E-state index contributed by atoms with van der Waals surface area (Å²) >= 11 is 0. The fourth-order valence-electron chi connectivity index (χ4n) is 3.48. The lowest BCUT2D eigenvalue weighted by molar-refractivity contribution is 0.0758. The van der Waals surface area contributed by atoms with Crippen LogP contribution in [0.1, 0.15) is 21.7 Å². The molecule has 0 saturated carbocycles. The number of hydrogen-bond acceptors (Lipinski definition) is 2. The second kappa shape index (κ2) is 6.75. The molecule has 26 heavy (non-hydrogen) atoms. The lowest BCUT2D eigenvalue weighted by Gasteiger charge is -2.21. The number of rotatable bonds is 2. The minimum atomic E-state index is -0.343. The van der Waals surface area contributed by atoms with E-state index < -0.39 is 0 Å². The summed E-state index contributed by atoms with van der Waals surface area (Å²) in [5, 5.41) is 0. The van der Waals surface area contributed by atoms with E-state index in [0.29, 0.717) is 37.2 Å². The van der Waals surface area contributed by atoms with Gasteiger partial charge in [-0.25, -0.2) is 9.37 Å². The Labute approximate surface area is 151 Å². The molecule has 132 valence electrons. The number of benzene rings is 2. The second-order valence-electron chi connectivity index (χ2n) is 6.53. The summed E-state index contributed by atoms with van der Waals surface area (Å²) in [5.41, 5.74) is 3.03. The molecule has 1 aliphatic heterocycles. The summed E-state index contributed by atoms with van der Waals surface area (Å²) in [6.45, 7) is 3.50. The van der Waals surface area contributed by atoms with Crippen molar-refractivity contribution in [2.45, 2.75) is 19.9 Å². The van der Waals surface area contributed by atoms with Gasteiger partial charge in [0.2, 0.25) is 0 Å². The summed E-state index contributed by atoms with van der Waals surface area (Å²) in [7, 11) is 0. The number of nitrogens with zero attached hydrogens (tertiary/aromatic N) is 3. The molecule has 0 unspecified atom stereocenters. The van der Waals surface area contributed by atoms with Gasteiger partial charge in [0.1, 0.15) is 11.6 Å². The van der Waals surface area contributed by atoms with Gasteiger partial charge in [0, 0.05) is 31.6 Å². The molecule has 0 atom stereocenters. The Hall–Kier alpha value is -2.95. The van der Waals surface area contributed by atoms with E-state index in [1.54, 1.807) is 24.0 Å². The van der Waals surface area contributed by atoms with Crippen molar-refractivity contribution in [2.75, 3.05) is 13.1 Å². The number of imidazole rings is 1. The molecule has 2 heterocycles. The van der Waals surface area contributed by atoms with E-state index in [1.165, 1.54) is 6.07 Å². The summed E-state index contributed by atoms with van der Waals surface area (Å²) < 4.78 is 16.0. The van der Waals surface area contributed by atoms with E-state index in [0.717, 1.165) is 17.1 Å². The third-order valence-electron chi connectivity index (χ3n) is 4.99. The van der Waals surface area contributed by atoms with E-state index in [2.05, 4.69) is 21.7 Å². The Kier molecular flexibility index (Phi) is 4.29. The first kappa shape index (κ1) is 16.5. The zero-order valence-corrected chi connectivity index (χ0v) is 14.7. The molecule has 1 aliphatic rings. The number of aromatic nitrogens is 2. The van der Waals surface area contributed by atoms with E-state index in [9.17, 15) is 9.18 Å². The molecule has 5 heteroatoms. The van der Waals surface area contributed by atoms with Gasteiger partial charge in [0.25, 0.3) is 5.91 Å². The van der Waals surface area contributed by atoms with Crippen LogP contribution >= 0.6 is 0 Å². The maximum absolute atomic E-state index is 13.8. The van der Waals surface area contributed by atoms with Crippen LogP contribution in [0.5, 0.6) is 0 Å². The van der Waals surface area contributed by atoms with Crippen LogP contribution in [0.2, 0.25) is 0 Å². The van der Waals surface area contributed by atoms with Crippen molar-refractivity contribution < 1.29 is 9.18 Å². The van der Waals surface area contributed by atoms with Crippen molar-refractivity contribution in [3.05, 3.63) is 77.5 Å². The van der Waals surface area contributed by atoms with Crippen LogP contribution in [0, 0.1) is 12.7 Å². The number of halogens is 1. The average Bonchev–Trinajstić information content (AvgIpc) is 2.95. The first-order valence-corrected chi connectivity index (χ1v) is 8.79. The molecule has 1 aromatic heterocycles. The van der Waals surface area contributed by atoms with Crippen molar-refractivity contribution >= 4 is 5.91 Å². The number of carbonyl (C=O) groups excluding carboxylic acids is 1. The lowest BCUT2D eigenvalue weighted by Crippen LogP contribution is -2.34. The van der Waals surface area contributed by atoms with Gasteiger partial charge in [-0.2, -0.15) is 0 Å². The normalized spacial score (nSPS) is 14.0. The highest BCUT2D eigenvalue weighted by Gasteiger charge is 2.23. The molecule has 2 aromatic carbocycles. The summed E-state index contributed by atoms with van der Waals surface area (Å²) in [6.07, 6.45) is 2.59. The lowest BCUT2D eigenvalue weighted by atomic mass is 10.1. The SMILES string of the molecule is Cc1c(F)cccc1C(=O)N1CCc2ncc(-c3ccccc3)n2CC1. The minimum absolute atomic E-state index is 0.117. The number of hydrogen-bond donors (Lipinski definition) is 0. The molecule has 0 spiro atoms. The largest absolute Gasteiger partial charge is 0.336 e. The zero-order valence-electron chi connectivity index (χ0n) is 14.7. The van der Waals surface area contributed by atoms with Gasteiger partial charge in [0.15, 0.2) is 0 Å². The Morgan fingerprint density at radius 2 is 1.85 bits per heavy atom. The number of fused-ring (bicyclic) bond motifs is 1. The van der Waals surface area contributed by atoms with Crippen molar-refractivity contribution in [1.82, 2.24) is 14.5 Å². The molecule has 0 bridgehead atoms. The molecule has 4 nitrogen and oxygen atoms in total. The minimum Gasteiger partial charge on any atom is -0.336 e. The predicted molar refractivity (Wildman–Crippen MR) is 98.4 cm³/mol. The Morgan fingerprint density at radius 3 is 2.65 bits per heavy atom. The molecule has 0 saturated heterocycles. The van der Waals surface area contributed by atoms with Gasteiger partial charge in [-0.15, -0.1) is 0 Å². The van der Waals surface area contributed by atoms with E-state index >= 15 is 0 Å². The van der Waals surface area contributed by atoms with E-state index in [-0.39, 0.29) is 11.7 Å². The highest BCUT2D eigenvalue weighted by molar-refractivity contribution is 5.95. The summed E-state index contributed by atoms with van der Waals surface area (Å²) in [4.78, 5) is 19.2. The molecule has 0 aliphatic carbocycles. The van der Waals surface area contributed by atoms with Crippen LogP contribution < -0.4 is 0 Å². The van der Waals surface area contributed by atoms with Gasteiger partial charge in [0.05, 0.1) is 11.9 Å². The zero-order chi connectivity index (χ0) is 18.1. The third kappa shape index (κ3) is 2.90. The first-order chi connectivity index (χ1) is 12.6. The van der Waals surface area contributed by atoms with Crippen molar-refractivity contribution in [2.24, 2.45) is 0 Å². The van der Waals surface area contributed by atoms with Gasteiger partial charge < -0.3 is 9.47 Å². The van der Waals surface area contributed by atoms with Crippen molar-refractivity contribution in [1.29, 1.82) is 0 Å². The van der Waals surface area contributed by atoms with E-state index in [1.807, 2.05) is 24.4 Å². The number of carbonyl (C=O) groups is 1. The first-order valence-electron chi connectivity index (χ1n) is 8.79. The molecule has 0 radical (unpaired) electrons. The van der Waals surface area contributed by atoms with Crippen LogP contribution in [0.25, 0.3) is 11.3 Å². The average molecular weight is 349 g/mol. The van der Waals surface area contributed by atoms with Gasteiger partial charge in [-0.05, 0) is 30.2 Å². The molecule has 0 fully saturated rings. The third-order valence-corrected chi connectivity index (χ3v) is 4.99. The van der Waals surface area contributed by atoms with Crippen LogP contribution in [0.15, 0.2) is 54.7 Å². The quantitative estimate of drug-likeness (QED) is 0.708. The fraction of sp³-hybridized carbons (Fsp3) is 0.238. The fourth-order valence-corrected chi connectivity index (χ4v) is 3.48. The van der Waals surface area contributed by atoms with Crippen LogP contribution in [0.3, 0.4) is 0 Å². The molecule has 1 amide bonds. The molecular weight excluding hydrogens is 329 g/mol. The van der Waals surface area contributed by atoms with Crippen LogP contribution in [-0.4, -0.2) is 33.4 Å². The van der Waals surface area contributed by atoms with Crippen LogP contribution in [0.4, 0.5) is 4.39 Å². The highest BCUT2D eigenvalue weighted by atomic mass is 19.1. The van der Waals surface area contributed by atoms with Gasteiger partial charge >= 0.3 is 0 Å². The summed E-state index contributed by atoms with van der Waals surface area (Å²) in [5.74, 6) is 0.522. The second-order valence-corrected chi connectivity index (χ2v) is 6.53. The predicted octanol–water partition coefficient (Wildman–Crippen LogP) is 3.70. The molecule has 0 N–H and O–H groups in total. The van der Waals surface area contributed by atoms with E-state index in [4.69, 9.17) is 0 Å². The highest BCUT2D eigenvalue weighted by Crippen LogP contribution is 2.23. The van der Waals surface area contributed by atoms with Gasteiger partial charge in [-0.1, -0.05) is 36.4 Å².